The predicted octanol–water partition coefficient (Wildman–Crippen LogP) is 2.67. The molecular formula is C9H12. The summed E-state index contributed by atoms with van der Waals surface area (Å²) < 4.78 is 0. The van der Waals surface area contributed by atoms with Crippen LogP contribution in [0.15, 0.2) is 23.3 Å². The highest BCUT2D eigenvalue weighted by Gasteiger charge is 2.25. The fourth-order valence-electron chi connectivity index (χ4n) is 1.88. The molecule has 48 valence electrons. The zero-order chi connectivity index (χ0) is 6.27. The second-order valence-corrected chi connectivity index (χ2v) is 3.12. The van der Waals surface area contributed by atoms with E-state index in [1.54, 1.807) is 11.1 Å². The molecule has 0 aromatic heterocycles. The maximum atomic E-state index is 2.32. The minimum atomic E-state index is 0.954. The average molecular weight is 120 g/mol. The molecule has 0 N–H and O–H groups in total. The molecule has 0 heterocycles. The Balaban J connectivity index is 2.26. The molecule has 1 atom stereocenters. The van der Waals surface area contributed by atoms with Crippen LogP contribution in [-0.4, -0.2) is 0 Å². The summed E-state index contributed by atoms with van der Waals surface area (Å²) in [5.41, 5.74) is 3.39. The first kappa shape index (κ1) is 5.28. The van der Waals surface area contributed by atoms with E-state index in [4.69, 9.17) is 0 Å². The van der Waals surface area contributed by atoms with Crippen LogP contribution in [0.4, 0.5) is 0 Å². The first-order valence-corrected chi connectivity index (χ1v) is 3.71. The van der Waals surface area contributed by atoms with Crippen molar-refractivity contribution in [3.05, 3.63) is 23.3 Å². The molecule has 0 amide bonds. The maximum absolute atomic E-state index is 2.32. The van der Waals surface area contributed by atoms with Gasteiger partial charge in [0.2, 0.25) is 0 Å². The van der Waals surface area contributed by atoms with Crippen molar-refractivity contribution in [2.24, 2.45) is 5.92 Å². The van der Waals surface area contributed by atoms with Crippen LogP contribution in [0.1, 0.15) is 26.2 Å². The zero-order valence-electron chi connectivity index (χ0n) is 5.85. The molecule has 9 heavy (non-hydrogen) atoms. The van der Waals surface area contributed by atoms with Crippen LogP contribution in [0.5, 0.6) is 0 Å². The van der Waals surface area contributed by atoms with Gasteiger partial charge in [-0.3, -0.25) is 0 Å². The minimum Gasteiger partial charge on any atom is -0.0876 e. The maximum Gasteiger partial charge on any atom is -0.0126 e. The summed E-state index contributed by atoms with van der Waals surface area (Å²) in [7, 11) is 0. The summed E-state index contributed by atoms with van der Waals surface area (Å²) in [5, 5.41) is 0. The normalized spacial score (nSPS) is 31.9. The van der Waals surface area contributed by atoms with Gasteiger partial charge in [-0.2, -0.15) is 0 Å². The summed E-state index contributed by atoms with van der Waals surface area (Å²) in [6.45, 7) is 2.27. The molecule has 2 aliphatic rings. The third kappa shape index (κ3) is 0.658. The molecule has 2 rings (SSSR count). The van der Waals surface area contributed by atoms with E-state index in [2.05, 4.69) is 19.1 Å². The van der Waals surface area contributed by atoms with Crippen molar-refractivity contribution in [1.82, 2.24) is 0 Å². The molecule has 0 saturated heterocycles. The van der Waals surface area contributed by atoms with Crippen molar-refractivity contribution in [3.63, 3.8) is 0 Å². The van der Waals surface area contributed by atoms with E-state index in [0.29, 0.717) is 0 Å². The molecule has 0 spiro atoms. The number of rotatable bonds is 0. The molecule has 0 nitrogen and oxygen atoms in total. The van der Waals surface area contributed by atoms with Crippen molar-refractivity contribution in [2.45, 2.75) is 26.2 Å². The molecule has 0 heteroatoms. The molecule has 0 bridgehead atoms. The summed E-state index contributed by atoms with van der Waals surface area (Å²) in [6, 6.07) is 0. The number of hydrogen-bond acceptors (Lipinski definition) is 0. The van der Waals surface area contributed by atoms with Gasteiger partial charge >= 0.3 is 0 Å². The lowest BCUT2D eigenvalue weighted by Gasteiger charge is -2.33. The Hall–Kier alpha value is -0.520. The van der Waals surface area contributed by atoms with E-state index >= 15 is 0 Å². The summed E-state index contributed by atoms with van der Waals surface area (Å²) >= 11 is 0. The molecular weight excluding hydrogens is 108 g/mol. The van der Waals surface area contributed by atoms with Crippen LogP contribution in [0, 0.1) is 5.92 Å². The Kier molecular flexibility index (Phi) is 1.01. The fraction of sp³-hybridized carbons (Fsp3) is 0.556. The van der Waals surface area contributed by atoms with Gasteiger partial charge in [-0.05, 0) is 32.1 Å². The third-order valence-corrected chi connectivity index (χ3v) is 2.52. The topological polar surface area (TPSA) is 0 Å². The van der Waals surface area contributed by atoms with Gasteiger partial charge in [-0.15, -0.1) is 0 Å². The van der Waals surface area contributed by atoms with Gasteiger partial charge in [-0.25, -0.2) is 0 Å². The summed E-state index contributed by atoms with van der Waals surface area (Å²) in [6.07, 6.45) is 8.55. The van der Waals surface area contributed by atoms with Crippen molar-refractivity contribution < 1.29 is 0 Å². The molecule has 0 fully saturated rings. The number of allylic oxidation sites excluding steroid dienone is 4. The van der Waals surface area contributed by atoms with Gasteiger partial charge in [-0.1, -0.05) is 23.3 Å². The fourth-order valence-corrected chi connectivity index (χ4v) is 1.88. The van der Waals surface area contributed by atoms with Crippen LogP contribution in [-0.2, 0) is 0 Å². The summed E-state index contributed by atoms with van der Waals surface area (Å²) in [4.78, 5) is 0. The first-order valence-electron chi connectivity index (χ1n) is 3.71. The Labute approximate surface area is 56.3 Å². The van der Waals surface area contributed by atoms with Crippen molar-refractivity contribution in [2.75, 3.05) is 0 Å². The van der Waals surface area contributed by atoms with Gasteiger partial charge in [0.05, 0.1) is 0 Å². The van der Waals surface area contributed by atoms with Gasteiger partial charge in [0.1, 0.15) is 0 Å². The van der Waals surface area contributed by atoms with Crippen LogP contribution >= 0.6 is 0 Å². The Morgan fingerprint density at radius 2 is 2.33 bits per heavy atom. The average Bonchev–Trinajstić information content (AvgIpc) is 1.86. The monoisotopic (exact) mass is 120 g/mol. The lowest BCUT2D eigenvalue weighted by molar-refractivity contribution is 0.512. The molecule has 0 saturated carbocycles. The van der Waals surface area contributed by atoms with Crippen LogP contribution in [0.25, 0.3) is 0 Å². The lowest BCUT2D eigenvalue weighted by atomic mass is 9.72. The predicted molar refractivity (Wildman–Crippen MR) is 39.2 cm³/mol. The van der Waals surface area contributed by atoms with Crippen LogP contribution in [0.3, 0.4) is 0 Å². The second-order valence-electron chi connectivity index (χ2n) is 3.12. The Bertz CT molecular complexity index is 184. The van der Waals surface area contributed by atoms with Gasteiger partial charge in [0, 0.05) is 0 Å². The Morgan fingerprint density at radius 3 is 2.89 bits per heavy atom. The molecule has 0 aromatic carbocycles. The lowest BCUT2D eigenvalue weighted by Crippen LogP contribution is -2.18. The quantitative estimate of drug-likeness (QED) is 0.431. The number of hydrogen-bond donors (Lipinski definition) is 0. The highest BCUT2D eigenvalue weighted by molar-refractivity contribution is 5.31. The van der Waals surface area contributed by atoms with Gasteiger partial charge < -0.3 is 0 Å². The Morgan fingerprint density at radius 1 is 1.44 bits per heavy atom. The van der Waals surface area contributed by atoms with E-state index in [9.17, 15) is 0 Å². The van der Waals surface area contributed by atoms with E-state index < -0.39 is 0 Å². The molecule has 1 unspecified atom stereocenters. The zero-order valence-corrected chi connectivity index (χ0v) is 5.85. The highest BCUT2D eigenvalue weighted by atomic mass is 14.3. The smallest absolute Gasteiger partial charge is 0.0126 e. The van der Waals surface area contributed by atoms with Crippen molar-refractivity contribution in [3.8, 4) is 0 Å². The molecule has 0 aliphatic heterocycles. The van der Waals surface area contributed by atoms with Crippen molar-refractivity contribution in [1.29, 1.82) is 0 Å². The number of fused-ring (bicyclic) bond motifs is 1. The van der Waals surface area contributed by atoms with E-state index in [1.807, 2.05) is 0 Å². The van der Waals surface area contributed by atoms with Gasteiger partial charge in [0.15, 0.2) is 0 Å². The van der Waals surface area contributed by atoms with Gasteiger partial charge in [0.25, 0.3) is 0 Å². The van der Waals surface area contributed by atoms with E-state index in [0.717, 1.165) is 5.92 Å². The summed E-state index contributed by atoms with van der Waals surface area (Å²) in [5.74, 6) is 0.954. The second kappa shape index (κ2) is 1.73. The largest absolute Gasteiger partial charge is 0.0876 e. The van der Waals surface area contributed by atoms with Crippen molar-refractivity contribution >= 4 is 0 Å². The standard InChI is InChI=1S/C9H12/c1-7-6-8-4-2-3-5-9(7)8/h2-3,8H,4-6H2,1H3. The molecule has 0 radical (unpaired) electrons. The molecule has 0 aromatic rings. The van der Waals surface area contributed by atoms with E-state index in [-0.39, 0.29) is 0 Å². The van der Waals surface area contributed by atoms with Crippen LogP contribution in [0.2, 0.25) is 0 Å². The SMILES string of the molecule is CC1=C2CC=CCC2C1. The van der Waals surface area contributed by atoms with Crippen LogP contribution < -0.4 is 0 Å². The third-order valence-electron chi connectivity index (χ3n) is 2.52. The highest BCUT2D eigenvalue weighted by Crippen LogP contribution is 2.41. The minimum absolute atomic E-state index is 0.954. The van der Waals surface area contributed by atoms with E-state index in [1.165, 1.54) is 19.3 Å². The molecule has 2 aliphatic carbocycles. The first-order chi connectivity index (χ1) is 4.38.